The summed E-state index contributed by atoms with van der Waals surface area (Å²) in [6, 6.07) is 5.11. The lowest BCUT2D eigenvalue weighted by atomic mass is 9.82. The lowest BCUT2D eigenvalue weighted by Gasteiger charge is -2.23. The van der Waals surface area contributed by atoms with E-state index in [-0.39, 0.29) is 17.7 Å². The first kappa shape index (κ1) is 14.6. The van der Waals surface area contributed by atoms with Crippen molar-refractivity contribution in [3.8, 4) is 0 Å². The largest absolute Gasteiger partial charge is 0.481 e. The number of carboxylic acid groups (broad SMARTS) is 1. The highest BCUT2D eigenvalue weighted by atomic mass is 79.9. The van der Waals surface area contributed by atoms with Gasteiger partial charge in [0.2, 0.25) is 5.91 Å². The van der Waals surface area contributed by atoms with E-state index in [0.717, 1.165) is 10.9 Å². The van der Waals surface area contributed by atoms with E-state index in [0.29, 0.717) is 10.7 Å². The van der Waals surface area contributed by atoms with Gasteiger partial charge in [-0.25, -0.2) is 0 Å². The predicted molar refractivity (Wildman–Crippen MR) is 83.1 cm³/mol. The number of hydrogen-bond acceptors (Lipinski definition) is 2. The Morgan fingerprint density at radius 1 is 1.24 bits per heavy atom. The van der Waals surface area contributed by atoms with Gasteiger partial charge in [0, 0.05) is 10.2 Å². The highest BCUT2D eigenvalue weighted by molar-refractivity contribution is 9.10. The number of fused-ring (bicyclic) bond motifs is 2. The van der Waals surface area contributed by atoms with Crippen LogP contribution in [0.1, 0.15) is 6.42 Å². The van der Waals surface area contributed by atoms with Crippen molar-refractivity contribution in [2.45, 2.75) is 6.42 Å². The van der Waals surface area contributed by atoms with Crippen LogP contribution in [0.4, 0.5) is 5.69 Å². The maximum absolute atomic E-state index is 12.5. The number of halogens is 2. The summed E-state index contributed by atoms with van der Waals surface area (Å²) in [5.41, 5.74) is 0.573. The topological polar surface area (TPSA) is 66.4 Å². The zero-order valence-electron chi connectivity index (χ0n) is 10.9. The molecule has 1 saturated carbocycles. The molecule has 0 spiro atoms. The SMILES string of the molecule is O=C(O)[C@@H]1[C@@H](C(=O)Nc2ccc(Br)c(Cl)c2)[C@H]2C=C[C@H]1C2. The van der Waals surface area contributed by atoms with Crippen LogP contribution in [0.3, 0.4) is 0 Å². The Morgan fingerprint density at radius 3 is 2.52 bits per heavy atom. The van der Waals surface area contributed by atoms with Crippen LogP contribution >= 0.6 is 27.5 Å². The number of aliphatic carboxylic acids is 1. The van der Waals surface area contributed by atoms with Gasteiger partial charge in [0.05, 0.1) is 16.9 Å². The third kappa shape index (κ3) is 2.60. The van der Waals surface area contributed by atoms with Gasteiger partial charge in [-0.3, -0.25) is 9.59 Å². The Morgan fingerprint density at radius 2 is 1.90 bits per heavy atom. The monoisotopic (exact) mass is 369 g/mol. The van der Waals surface area contributed by atoms with Gasteiger partial charge in [-0.2, -0.15) is 0 Å². The summed E-state index contributed by atoms with van der Waals surface area (Å²) in [7, 11) is 0. The van der Waals surface area contributed by atoms with E-state index in [1.165, 1.54) is 0 Å². The first-order chi connectivity index (χ1) is 9.97. The molecule has 4 nitrogen and oxygen atoms in total. The highest BCUT2D eigenvalue weighted by Crippen LogP contribution is 2.48. The second kappa shape index (κ2) is 5.46. The molecule has 1 aromatic carbocycles. The fourth-order valence-electron chi connectivity index (χ4n) is 3.32. The average Bonchev–Trinajstić information content (AvgIpc) is 3.03. The van der Waals surface area contributed by atoms with Crippen LogP contribution in [0.5, 0.6) is 0 Å². The first-order valence-electron chi connectivity index (χ1n) is 6.64. The van der Waals surface area contributed by atoms with Gasteiger partial charge in [0.1, 0.15) is 0 Å². The second-order valence-electron chi connectivity index (χ2n) is 5.46. The Hall–Kier alpha value is -1.33. The molecule has 4 atom stereocenters. The molecule has 3 rings (SSSR count). The minimum Gasteiger partial charge on any atom is -0.481 e. The number of amides is 1. The van der Waals surface area contributed by atoms with Crippen molar-refractivity contribution in [2.75, 3.05) is 5.32 Å². The third-order valence-corrected chi connectivity index (χ3v) is 5.47. The van der Waals surface area contributed by atoms with Crippen LogP contribution in [0, 0.1) is 23.7 Å². The van der Waals surface area contributed by atoms with Gasteiger partial charge in [0.25, 0.3) is 0 Å². The van der Waals surface area contributed by atoms with E-state index in [9.17, 15) is 14.7 Å². The first-order valence-corrected chi connectivity index (χ1v) is 7.81. The van der Waals surface area contributed by atoms with Crippen LogP contribution in [0.2, 0.25) is 5.02 Å². The molecule has 1 aromatic rings. The number of hydrogen-bond donors (Lipinski definition) is 2. The van der Waals surface area contributed by atoms with Crippen LogP contribution in [0.15, 0.2) is 34.8 Å². The third-order valence-electron chi connectivity index (χ3n) is 4.23. The molecule has 1 amide bonds. The fourth-order valence-corrected chi connectivity index (χ4v) is 3.74. The Balaban J connectivity index is 1.80. The van der Waals surface area contributed by atoms with Crippen molar-refractivity contribution in [3.63, 3.8) is 0 Å². The van der Waals surface area contributed by atoms with Gasteiger partial charge in [-0.1, -0.05) is 23.8 Å². The number of carbonyl (C=O) groups is 2. The van der Waals surface area contributed by atoms with Crippen molar-refractivity contribution >= 4 is 45.1 Å². The van der Waals surface area contributed by atoms with E-state index in [4.69, 9.17) is 11.6 Å². The van der Waals surface area contributed by atoms with Crippen molar-refractivity contribution in [2.24, 2.45) is 23.7 Å². The Bertz CT molecular complexity index is 646. The predicted octanol–water partition coefficient (Wildman–Crippen LogP) is 3.56. The molecule has 0 unspecified atom stereocenters. The van der Waals surface area contributed by atoms with Crippen molar-refractivity contribution in [3.05, 3.63) is 39.8 Å². The summed E-state index contributed by atoms with van der Waals surface area (Å²) >= 11 is 9.28. The van der Waals surface area contributed by atoms with Crippen LogP contribution in [-0.2, 0) is 9.59 Å². The number of benzene rings is 1. The van der Waals surface area contributed by atoms with E-state index in [1.54, 1.807) is 18.2 Å². The minimum absolute atomic E-state index is 0.0158. The van der Waals surface area contributed by atoms with Crippen LogP contribution in [-0.4, -0.2) is 17.0 Å². The molecule has 2 aliphatic carbocycles. The van der Waals surface area contributed by atoms with Crippen LogP contribution < -0.4 is 5.32 Å². The standard InChI is InChI=1S/C15H13BrClNO3/c16-10-4-3-9(6-11(10)17)18-14(19)12-7-1-2-8(5-7)13(12)15(20)21/h1-4,6-8,12-13H,5H2,(H,18,19)(H,20,21)/t7-,8-,12-,13-/m0/s1. The lowest BCUT2D eigenvalue weighted by Crippen LogP contribution is -2.36. The number of nitrogens with one attached hydrogen (secondary N) is 1. The molecule has 110 valence electrons. The summed E-state index contributed by atoms with van der Waals surface area (Å²) in [5.74, 6) is -2.32. The molecular formula is C15H13BrClNO3. The number of anilines is 1. The molecule has 0 aliphatic heterocycles. The van der Waals surface area contributed by atoms with Crippen LogP contribution in [0.25, 0.3) is 0 Å². The molecule has 0 saturated heterocycles. The molecular weight excluding hydrogens is 358 g/mol. The molecule has 0 radical (unpaired) electrons. The molecule has 0 heterocycles. The molecule has 2 N–H and O–H groups in total. The van der Waals surface area contributed by atoms with Crippen molar-refractivity contribution in [1.82, 2.24) is 0 Å². The van der Waals surface area contributed by atoms with E-state index >= 15 is 0 Å². The summed E-state index contributed by atoms with van der Waals surface area (Å²) < 4.78 is 0.744. The van der Waals surface area contributed by atoms with Crippen molar-refractivity contribution < 1.29 is 14.7 Å². The molecule has 1 fully saturated rings. The van der Waals surface area contributed by atoms with Gasteiger partial charge in [-0.15, -0.1) is 0 Å². The van der Waals surface area contributed by atoms with E-state index < -0.39 is 17.8 Å². The zero-order chi connectivity index (χ0) is 15.1. The number of rotatable bonds is 3. The maximum Gasteiger partial charge on any atom is 0.307 e. The molecule has 6 heteroatoms. The van der Waals surface area contributed by atoms with E-state index in [2.05, 4.69) is 21.2 Å². The van der Waals surface area contributed by atoms with Crippen molar-refractivity contribution in [1.29, 1.82) is 0 Å². The smallest absolute Gasteiger partial charge is 0.307 e. The lowest BCUT2D eigenvalue weighted by molar-refractivity contribution is -0.146. The zero-order valence-corrected chi connectivity index (χ0v) is 13.3. The Labute approximate surface area is 135 Å². The molecule has 21 heavy (non-hydrogen) atoms. The summed E-state index contributed by atoms with van der Waals surface area (Å²) in [4.78, 5) is 23.9. The minimum atomic E-state index is -0.902. The number of carboxylic acids is 1. The Kier molecular flexibility index (Phi) is 3.80. The normalized spacial score (nSPS) is 29.6. The summed E-state index contributed by atoms with van der Waals surface area (Å²) in [5, 5.41) is 12.6. The highest BCUT2D eigenvalue weighted by Gasteiger charge is 2.51. The van der Waals surface area contributed by atoms with Gasteiger partial charge in [-0.05, 0) is 52.4 Å². The maximum atomic E-state index is 12.5. The number of carbonyl (C=O) groups excluding carboxylic acids is 1. The number of allylic oxidation sites excluding steroid dienone is 2. The molecule has 0 aromatic heterocycles. The summed E-state index contributed by atoms with van der Waals surface area (Å²) in [6.07, 6.45) is 4.63. The van der Waals surface area contributed by atoms with Gasteiger partial charge in [0.15, 0.2) is 0 Å². The van der Waals surface area contributed by atoms with E-state index in [1.807, 2.05) is 12.2 Å². The van der Waals surface area contributed by atoms with Gasteiger partial charge < -0.3 is 10.4 Å². The van der Waals surface area contributed by atoms with Gasteiger partial charge >= 0.3 is 5.97 Å². The molecule has 2 aliphatic rings. The quantitative estimate of drug-likeness (QED) is 0.800. The average molecular weight is 371 g/mol. The second-order valence-corrected chi connectivity index (χ2v) is 6.72. The fraction of sp³-hybridized carbons (Fsp3) is 0.333. The summed E-state index contributed by atoms with van der Waals surface area (Å²) in [6.45, 7) is 0. The molecule has 2 bridgehead atoms.